The molecule has 0 spiro atoms. The van der Waals surface area contributed by atoms with Gasteiger partial charge >= 0.3 is 0 Å². The molecule has 1 aromatic carbocycles. The number of hydrogen-bond acceptors (Lipinski definition) is 8. The van der Waals surface area contributed by atoms with E-state index in [1.54, 1.807) is 24.3 Å². The fourth-order valence-electron chi connectivity index (χ4n) is 2.98. The number of sulfone groups is 1. The number of oxazole rings is 1. The van der Waals surface area contributed by atoms with Gasteiger partial charge in [0.25, 0.3) is 0 Å². The average Bonchev–Trinajstić information content (AvgIpc) is 3.39. The standard InChI is InChI=1S/C19H20BrN3O4S2/c20-14-3-5-15(6-4-14)29(24,25)19-18(21-7-8-23-9-11-26-12-10-23)27-17(22-19)16-2-1-13-28-16/h1-6,13,21H,7-12H2. The van der Waals surface area contributed by atoms with Gasteiger partial charge in [-0.3, -0.25) is 4.90 Å². The Kier molecular flexibility index (Phi) is 6.35. The smallest absolute Gasteiger partial charge is 0.240 e. The van der Waals surface area contributed by atoms with Gasteiger partial charge < -0.3 is 14.5 Å². The molecule has 154 valence electrons. The summed E-state index contributed by atoms with van der Waals surface area (Å²) in [6.45, 7) is 4.46. The first-order chi connectivity index (χ1) is 14.0. The van der Waals surface area contributed by atoms with Crippen LogP contribution in [0.1, 0.15) is 0 Å². The summed E-state index contributed by atoms with van der Waals surface area (Å²) >= 11 is 4.78. The number of hydrogen-bond donors (Lipinski definition) is 1. The Morgan fingerprint density at radius 2 is 1.93 bits per heavy atom. The van der Waals surface area contributed by atoms with Crippen molar-refractivity contribution in [3.8, 4) is 10.8 Å². The van der Waals surface area contributed by atoms with E-state index in [0.29, 0.717) is 25.6 Å². The Labute approximate surface area is 181 Å². The summed E-state index contributed by atoms with van der Waals surface area (Å²) < 4.78 is 38.4. The second-order valence-corrected chi connectivity index (χ2v) is 10.2. The van der Waals surface area contributed by atoms with Crippen molar-refractivity contribution in [1.29, 1.82) is 0 Å². The van der Waals surface area contributed by atoms with Gasteiger partial charge in [0.05, 0.1) is 23.0 Å². The zero-order valence-corrected chi connectivity index (χ0v) is 18.7. The maximum atomic E-state index is 13.2. The maximum Gasteiger partial charge on any atom is 0.240 e. The lowest BCUT2D eigenvalue weighted by atomic mass is 10.4. The number of halogens is 1. The molecular weight excluding hydrogens is 478 g/mol. The van der Waals surface area contributed by atoms with Crippen LogP contribution >= 0.6 is 27.3 Å². The first kappa shape index (κ1) is 20.5. The average molecular weight is 498 g/mol. The Morgan fingerprint density at radius 1 is 1.17 bits per heavy atom. The van der Waals surface area contributed by atoms with E-state index in [4.69, 9.17) is 9.15 Å². The van der Waals surface area contributed by atoms with Gasteiger partial charge in [0, 0.05) is 30.7 Å². The van der Waals surface area contributed by atoms with Crippen LogP contribution in [0.15, 0.2) is 60.6 Å². The maximum absolute atomic E-state index is 13.2. The van der Waals surface area contributed by atoms with Gasteiger partial charge in [-0.1, -0.05) is 22.0 Å². The normalized spacial score (nSPS) is 15.5. The number of rotatable bonds is 7. The van der Waals surface area contributed by atoms with Crippen LogP contribution in [0.5, 0.6) is 0 Å². The molecule has 3 aromatic rings. The van der Waals surface area contributed by atoms with E-state index in [1.165, 1.54) is 11.3 Å². The molecule has 29 heavy (non-hydrogen) atoms. The van der Waals surface area contributed by atoms with Crippen molar-refractivity contribution >= 4 is 43.0 Å². The van der Waals surface area contributed by atoms with E-state index in [9.17, 15) is 8.42 Å². The lowest BCUT2D eigenvalue weighted by Gasteiger charge is -2.26. The van der Waals surface area contributed by atoms with Crippen molar-refractivity contribution in [2.75, 3.05) is 44.7 Å². The second kappa shape index (κ2) is 8.97. The van der Waals surface area contributed by atoms with Gasteiger partial charge in [-0.25, -0.2) is 8.42 Å². The number of morpholine rings is 1. The third-order valence-corrected chi connectivity index (χ3v) is 7.59. The molecule has 0 unspecified atom stereocenters. The fraction of sp³-hybridized carbons (Fsp3) is 0.316. The van der Waals surface area contributed by atoms with Crippen LogP contribution < -0.4 is 5.32 Å². The molecule has 1 N–H and O–H groups in total. The minimum Gasteiger partial charge on any atom is -0.418 e. The SMILES string of the molecule is O=S(=O)(c1ccc(Br)cc1)c1nc(-c2cccs2)oc1NCCN1CCOCC1. The van der Waals surface area contributed by atoms with E-state index < -0.39 is 9.84 Å². The highest BCUT2D eigenvalue weighted by atomic mass is 79.9. The Bertz CT molecular complexity index is 1040. The summed E-state index contributed by atoms with van der Waals surface area (Å²) in [6, 6.07) is 10.2. The van der Waals surface area contributed by atoms with Crippen LogP contribution in [0.4, 0.5) is 5.88 Å². The van der Waals surface area contributed by atoms with E-state index in [0.717, 1.165) is 29.0 Å². The number of thiophene rings is 1. The van der Waals surface area contributed by atoms with Crippen LogP contribution in [0.3, 0.4) is 0 Å². The van der Waals surface area contributed by atoms with Crippen LogP contribution in [-0.2, 0) is 14.6 Å². The predicted molar refractivity (Wildman–Crippen MR) is 115 cm³/mol. The van der Waals surface area contributed by atoms with Crippen LogP contribution in [0, 0.1) is 0 Å². The molecule has 0 atom stereocenters. The van der Waals surface area contributed by atoms with Gasteiger partial charge in [-0.15, -0.1) is 11.3 Å². The summed E-state index contributed by atoms with van der Waals surface area (Å²) in [6.07, 6.45) is 0. The molecular formula is C19H20BrN3O4S2. The minimum atomic E-state index is -3.83. The Hall–Kier alpha value is -1.72. The highest BCUT2D eigenvalue weighted by molar-refractivity contribution is 9.10. The molecule has 0 radical (unpaired) electrons. The van der Waals surface area contributed by atoms with E-state index in [2.05, 4.69) is 31.1 Å². The molecule has 2 aromatic heterocycles. The minimum absolute atomic E-state index is 0.0924. The van der Waals surface area contributed by atoms with Crippen molar-refractivity contribution in [2.45, 2.75) is 9.92 Å². The summed E-state index contributed by atoms with van der Waals surface area (Å²) in [5.74, 6) is 0.467. The van der Waals surface area contributed by atoms with Crippen LogP contribution in [0.25, 0.3) is 10.8 Å². The number of ether oxygens (including phenoxy) is 1. The molecule has 4 rings (SSSR count). The second-order valence-electron chi connectivity index (χ2n) is 6.47. The van der Waals surface area contributed by atoms with Crippen LogP contribution in [-0.4, -0.2) is 57.7 Å². The summed E-state index contributed by atoms with van der Waals surface area (Å²) in [5.41, 5.74) is 0. The van der Waals surface area contributed by atoms with Gasteiger partial charge in [0.2, 0.25) is 26.6 Å². The third-order valence-electron chi connectivity index (χ3n) is 4.52. The number of nitrogens with one attached hydrogen (secondary N) is 1. The number of aromatic nitrogens is 1. The van der Waals surface area contributed by atoms with Gasteiger partial charge in [-0.2, -0.15) is 4.98 Å². The van der Waals surface area contributed by atoms with Crippen molar-refractivity contribution in [3.05, 3.63) is 46.3 Å². The largest absolute Gasteiger partial charge is 0.418 e. The topological polar surface area (TPSA) is 84.7 Å². The first-order valence-corrected chi connectivity index (χ1v) is 12.3. The zero-order valence-electron chi connectivity index (χ0n) is 15.5. The van der Waals surface area contributed by atoms with Crippen molar-refractivity contribution < 1.29 is 17.6 Å². The number of benzene rings is 1. The summed E-state index contributed by atoms with van der Waals surface area (Å²) in [5, 5.41) is 4.94. The number of anilines is 1. The molecule has 1 aliphatic rings. The lowest BCUT2D eigenvalue weighted by molar-refractivity contribution is 0.0398. The molecule has 7 nitrogen and oxygen atoms in total. The van der Waals surface area contributed by atoms with Crippen molar-refractivity contribution in [2.24, 2.45) is 0 Å². The Balaban J connectivity index is 1.61. The van der Waals surface area contributed by atoms with Crippen molar-refractivity contribution in [1.82, 2.24) is 9.88 Å². The van der Waals surface area contributed by atoms with Crippen molar-refractivity contribution in [3.63, 3.8) is 0 Å². The monoisotopic (exact) mass is 497 g/mol. The molecule has 1 fully saturated rings. The summed E-state index contributed by atoms with van der Waals surface area (Å²) in [4.78, 5) is 7.54. The molecule has 10 heteroatoms. The van der Waals surface area contributed by atoms with E-state index >= 15 is 0 Å². The highest BCUT2D eigenvalue weighted by Crippen LogP contribution is 2.34. The highest BCUT2D eigenvalue weighted by Gasteiger charge is 2.28. The third kappa shape index (κ3) is 4.72. The quantitative estimate of drug-likeness (QED) is 0.531. The molecule has 0 saturated carbocycles. The van der Waals surface area contributed by atoms with Crippen LogP contribution in [0.2, 0.25) is 0 Å². The Morgan fingerprint density at radius 3 is 2.62 bits per heavy atom. The molecule has 3 heterocycles. The first-order valence-electron chi connectivity index (χ1n) is 9.13. The zero-order chi connectivity index (χ0) is 20.3. The number of nitrogens with zero attached hydrogens (tertiary/aromatic N) is 2. The molecule has 1 aliphatic heterocycles. The van der Waals surface area contributed by atoms with E-state index in [-0.39, 0.29) is 15.8 Å². The van der Waals surface area contributed by atoms with E-state index in [1.807, 2.05) is 17.5 Å². The molecule has 0 bridgehead atoms. The predicted octanol–water partition coefficient (Wildman–Crippen LogP) is 3.74. The van der Waals surface area contributed by atoms with Gasteiger partial charge in [0.15, 0.2) is 0 Å². The van der Waals surface area contributed by atoms with Gasteiger partial charge in [0.1, 0.15) is 0 Å². The molecule has 0 aliphatic carbocycles. The molecule has 1 saturated heterocycles. The summed E-state index contributed by atoms with van der Waals surface area (Å²) in [7, 11) is -3.83. The van der Waals surface area contributed by atoms with Gasteiger partial charge in [-0.05, 0) is 35.7 Å². The fourth-order valence-corrected chi connectivity index (χ4v) is 5.18. The lowest BCUT2D eigenvalue weighted by Crippen LogP contribution is -2.39. The molecule has 0 amide bonds.